The molecular weight excluding hydrogens is 212 g/mol. The Labute approximate surface area is 104 Å². The maximum absolute atomic E-state index is 11.2. The Morgan fingerprint density at radius 2 is 1.88 bits per heavy atom. The molecule has 0 aliphatic carbocycles. The summed E-state index contributed by atoms with van der Waals surface area (Å²) in [5.74, 6) is -0.0595. The lowest BCUT2D eigenvalue weighted by Gasteiger charge is -2.04. The molecule has 0 aliphatic rings. The molecule has 0 saturated heterocycles. The highest BCUT2D eigenvalue weighted by atomic mass is 16.5. The topological polar surface area (TPSA) is 26.3 Å². The molecule has 17 heavy (non-hydrogen) atoms. The maximum atomic E-state index is 11.2. The van der Waals surface area contributed by atoms with Gasteiger partial charge in [0.05, 0.1) is 6.61 Å². The third kappa shape index (κ3) is 6.10. The summed E-state index contributed by atoms with van der Waals surface area (Å²) < 4.78 is 5.15. The Kier molecular flexibility index (Phi) is 6.38. The summed E-state index contributed by atoms with van der Waals surface area (Å²) in [4.78, 5) is 11.2. The number of benzene rings is 1. The van der Waals surface area contributed by atoms with Crippen molar-refractivity contribution in [3.8, 4) is 0 Å². The highest BCUT2D eigenvalue weighted by Gasteiger charge is 2.01. The van der Waals surface area contributed by atoms with E-state index >= 15 is 0 Å². The van der Waals surface area contributed by atoms with Crippen LogP contribution >= 0.6 is 0 Å². The fourth-order valence-corrected chi connectivity index (χ4v) is 1.61. The summed E-state index contributed by atoms with van der Waals surface area (Å²) in [5.41, 5.74) is 2.58. The Balaban J connectivity index is 2.11. The molecule has 0 amide bonds. The molecule has 0 unspecified atom stereocenters. The molecule has 1 rings (SSSR count). The smallest absolute Gasteiger partial charge is 0.305 e. The van der Waals surface area contributed by atoms with Gasteiger partial charge in [-0.1, -0.05) is 43.2 Å². The molecule has 2 nitrogen and oxygen atoms in total. The van der Waals surface area contributed by atoms with Crippen LogP contribution in [0.4, 0.5) is 0 Å². The predicted octanol–water partition coefficient (Wildman–Crippen LogP) is 3.66. The minimum Gasteiger partial charge on any atom is -0.466 e. The van der Waals surface area contributed by atoms with Crippen LogP contribution in [0.2, 0.25) is 0 Å². The first-order chi connectivity index (χ1) is 8.22. The van der Waals surface area contributed by atoms with E-state index in [0.29, 0.717) is 13.0 Å². The van der Waals surface area contributed by atoms with Gasteiger partial charge in [-0.2, -0.15) is 0 Å². The lowest BCUT2D eigenvalue weighted by atomic mass is 10.1. The van der Waals surface area contributed by atoms with Crippen LogP contribution in [0.3, 0.4) is 0 Å². The largest absolute Gasteiger partial charge is 0.466 e. The van der Waals surface area contributed by atoms with E-state index in [1.54, 1.807) is 0 Å². The van der Waals surface area contributed by atoms with Crippen molar-refractivity contribution in [2.45, 2.75) is 46.0 Å². The normalized spacial score (nSPS) is 10.2. The monoisotopic (exact) mass is 234 g/mol. The van der Waals surface area contributed by atoms with E-state index in [1.807, 2.05) is 0 Å². The van der Waals surface area contributed by atoms with E-state index in [1.165, 1.54) is 11.1 Å². The van der Waals surface area contributed by atoms with E-state index in [-0.39, 0.29) is 5.97 Å². The zero-order valence-corrected chi connectivity index (χ0v) is 10.9. The van der Waals surface area contributed by atoms with Crippen molar-refractivity contribution in [2.75, 3.05) is 6.61 Å². The molecule has 0 saturated carbocycles. The van der Waals surface area contributed by atoms with Crippen LogP contribution in [0, 0.1) is 6.92 Å². The molecular formula is C15H22O2. The summed E-state index contributed by atoms with van der Waals surface area (Å²) >= 11 is 0. The van der Waals surface area contributed by atoms with Crippen LogP contribution < -0.4 is 0 Å². The molecule has 0 bridgehead atoms. The van der Waals surface area contributed by atoms with Crippen LogP contribution in [0.5, 0.6) is 0 Å². The third-order valence-electron chi connectivity index (χ3n) is 2.73. The minimum absolute atomic E-state index is 0.0595. The van der Waals surface area contributed by atoms with Gasteiger partial charge in [0.25, 0.3) is 0 Å². The second kappa shape index (κ2) is 7.88. The predicted molar refractivity (Wildman–Crippen MR) is 70.0 cm³/mol. The average Bonchev–Trinajstić information content (AvgIpc) is 2.34. The highest BCUT2D eigenvalue weighted by molar-refractivity contribution is 5.69. The quantitative estimate of drug-likeness (QED) is 0.531. The second-order valence-corrected chi connectivity index (χ2v) is 4.41. The Morgan fingerprint density at radius 3 is 2.53 bits per heavy atom. The van der Waals surface area contributed by atoms with E-state index in [9.17, 15) is 4.79 Å². The molecule has 0 atom stereocenters. The lowest BCUT2D eigenvalue weighted by Crippen LogP contribution is -2.06. The number of carbonyl (C=O) groups excluding carboxylic acids is 1. The molecule has 0 aliphatic heterocycles. The molecule has 0 fully saturated rings. The molecule has 1 aromatic carbocycles. The first-order valence-corrected chi connectivity index (χ1v) is 6.43. The number of carbonyl (C=O) groups is 1. The van der Waals surface area contributed by atoms with Crippen molar-refractivity contribution in [3.63, 3.8) is 0 Å². The average molecular weight is 234 g/mol. The summed E-state index contributed by atoms with van der Waals surface area (Å²) in [5, 5.41) is 0. The highest BCUT2D eigenvalue weighted by Crippen LogP contribution is 2.06. The standard InChI is InChI=1S/C15H22O2/c1-3-4-7-15(16)17-12-5-6-14-10-8-13(2)9-11-14/h8-11H,3-7,12H2,1-2H3. The van der Waals surface area contributed by atoms with Crippen molar-refractivity contribution in [3.05, 3.63) is 35.4 Å². The number of rotatable bonds is 7. The van der Waals surface area contributed by atoms with Gasteiger partial charge in [-0.15, -0.1) is 0 Å². The summed E-state index contributed by atoms with van der Waals surface area (Å²) in [6, 6.07) is 8.49. The lowest BCUT2D eigenvalue weighted by molar-refractivity contribution is -0.143. The van der Waals surface area contributed by atoms with E-state index in [0.717, 1.165) is 25.7 Å². The Morgan fingerprint density at radius 1 is 1.18 bits per heavy atom. The van der Waals surface area contributed by atoms with Crippen molar-refractivity contribution < 1.29 is 9.53 Å². The number of unbranched alkanes of at least 4 members (excludes halogenated alkanes) is 1. The van der Waals surface area contributed by atoms with Gasteiger partial charge < -0.3 is 4.74 Å². The van der Waals surface area contributed by atoms with Gasteiger partial charge in [0.15, 0.2) is 0 Å². The van der Waals surface area contributed by atoms with E-state index < -0.39 is 0 Å². The summed E-state index contributed by atoms with van der Waals surface area (Å²) in [6.45, 7) is 4.69. The van der Waals surface area contributed by atoms with Crippen LogP contribution in [0.1, 0.15) is 43.7 Å². The summed E-state index contributed by atoms with van der Waals surface area (Å²) in [6.07, 6.45) is 4.40. The molecule has 0 N–H and O–H groups in total. The van der Waals surface area contributed by atoms with Gasteiger partial charge in [0.1, 0.15) is 0 Å². The number of hydrogen-bond acceptors (Lipinski definition) is 2. The maximum Gasteiger partial charge on any atom is 0.305 e. The number of ether oxygens (including phenoxy) is 1. The van der Waals surface area contributed by atoms with E-state index in [2.05, 4.69) is 38.1 Å². The minimum atomic E-state index is -0.0595. The first-order valence-electron chi connectivity index (χ1n) is 6.43. The van der Waals surface area contributed by atoms with Crippen LogP contribution in [-0.2, 0) is 16.0 Å². The molecule has 1 aromatic rings. The van der Waals surface area contributed by atoms with Crippen molar-refractivity contribution >= 4 is 5.97 Å². The van der Waals surface area contributed by atoms with E-state index in [4.69, 9.17) is 4.74 Å². The van der Waals surface area contributed by atoms with Gasteiger partial charge in [0, 0.05) is 6.42 Å². The third-order valence-corrected chi connectivity index (χ3v) is 2.73. The van der Waals surface area contributed by atoms with Gasteiger partial charge in [-0.3, -0.25) is 4.79 Å². The number of hydrogen-bond donors (Lipinski definition) is 0. The van der Waals surface area contributed by atoms with Crippen molar-refractivity contribution in [1.82, 2.24) is 0 Å². The van der Waals surface area contributed by atoms with Gasteiger partial charge in [0.2, 0.25) is 0 Å². The first kappa shape index (κ1) is 13.8. The zero-order valence-electron chi connectivity index (χ0n) is 10.9. The number of esters is 1. The van der Waals surface area contributed by atoms with Gasteiger partial charge in [-0.05, 0) is 31.7 Å². The second-order valence-electron chi connectivity index (χ2n) is 4.41. The zero-order chi connectivity index (χ0) is 12.5. The fourth-order valence-electron chi connectivity index (χ4n) is 1.61. The summed E-state index contributed by atoms with van der Waals surface area (Å²) in [7, 11) is 0. The molecule has 0 heterocycles. The molecule has 0 aromatic heterocycles. The van der Waals surface area contributed by atoms with Crippen molar-refractivity contribution in [2.24, 2.45) is 0 Å². The Hall–Kier alpha value is -1.31. The molecule has 0 spiro atoms. The van der Waals surface area contributed by atoms with Crippen molar-refractivity contribution in [1.29, 1.82) is 0 Å². The molecule has 0 radical (unpaired) electrons. The number of aryl methyl sites for hydroxylation is 2. The SMILES string of the molecule is CCCCC(=O)OCCCc1ccc(C)cc1. The van der Waals surface area contributed by atoms with Crippen LogP contribution in [0.15, 0.2) is 24.3 Å². The van der Waals surface area contributed by atoms with Gasteiger partial charge >= 0.3 is 5.97 Å². The van der Waals surface area contributed by atoms with Gasteiger partial charge in [-0.25, -0.2) is 0 Å². The molecule has 2 heteroatoms. The molecule has 94 valence electrons. The fraction of sp³-hybridized carbons (Fsp3) is 0.533. The van der Waals surface area contributed by atoms with Crippen LogP contribution in [0.25, 0.3) is 0 Å². The van der Waals surface area contributed by atoms with Crippen LogP contribution in [-0.4, -0.2) is 12.6 Å². The Bertz CT molecular complexity index is 327.